The molecule has 2 N–H and O–H groups in total. The maximum Gasteiger partial charge on any atom is 0.161 e. The molecule has 0 bridgehead atoms. The summed E-state index contributed by atoms with van der Waals surface area (Å²) >= 11 is 0. The Kier molecular flexibility index (Phi) is 7.73. The molecular weight excluding hydrogens is 278 g/mol. The van der Waals surface area contributed by atoms with Crippen molar-refractivity contribution >= 4 is 12.4 Å². The molecule has 5 heteroatoms. The van der Waals surface area contributed by atoms with E-state index in [9.17, 15) is 5.11 Å². The molecular formula is C15H24ClNO3. The summed E-state index contributed by atoms with van der Waals surface area (Å²) in [5.74, 6) is 1.36. The summed E-state index contributed by atoms with van der Waals surface area (Å²) < 4.78 is 10.8. The smallest absolute Gasteiger partial charge is 0.161 e. The molecule has 0 saturated heterocycles. The van der Waals surface area contributed by atoms with Crippen molar-refractivity contribution in [2.24, 2.45) is 0 Å². The van der Waals surface area contributed by atoms with Crippen molar-refractivity contribution in [3.05, 3.63) is 24.3 Å². The number of aliphatic hydroxyl groups is 1. The van der Waals surface area contributed by atoms with Crippen LogP contribution in [0.1, 0.15) is 25.7 Å². The van der Waals surface area contributed by atoms with Crippen LogP contribution < -0.4 is 14.8 Å². The molecule has 0 amide bonds. The van der Waals surface area contributed by atoms with Crippen molar-refractivity contribution in [2.75, 3.05) is 20.3 Å². The average molecular weight is 302 g/mol. The normalized spacial score (nSPS) is 16.5. The molecule has 1 atom stereocenters. The number of aliphatic hydroxyl groups excluding tert-OH is 1. The lowest BCUT2D eigenvalue weighted by molar-refractivity contribution is 0.102. The van der Waals surface area contributed by atoms with Gasteiger partial charge in [-0.2, -0.15) is 0 Å². The van der Waals surface area contributed by atoms with Gasteiger partial charge in [-0.3, -0.25) is 0 Å². The monoisotopic (exact) mass is 301 g/mol. The number of benzene rings is 1. The van der Waals surface area contributed by atoms with Crippen LogP contribution in [0.25, 0.3) is 0 Å². The summed E-state index contributed by atoms with van der Waals surface area (Å²) in [6.07, 6.45) is 4.54. The first-order valence-corrected chi connectivity index (χ1v) is 6.97. The highest BCUT2D eigenvalue weighted by Gasteiger charge is 2.16. The van der Waals surface area contributed by atoms with Gasteiger partial charge in [-0.15, -0.1) is 12.4 Å². The van der Waals surface area contributed by atoms with Crippen LogP contribution >= 0.6 is 12.4 Å². The molecule has 1 unspecified atom stereocenters. The second-order valence-corrected chi connectivity index (χ2v) is 5.01. The summed E-state index contributed by atoms with van der Waals surface area (Å²) in [7, 11) is 1.61. The first-order chi connectivity index (χ1) is 9.29. The summed E-state index contributed by atoms with van der Waals surface area (Å²) in [5, 5.41) is 13.3. The largest absolute Gasteiger partial charge is 0.493 e. The topological polar surface area (TPSA) is 50.7 Å². The van der Waals surface area contributed by atoms with Crippen LogP contribution in [0.15, 0.2) is 24.3 Å². The highest BCUT2D eigenvalue weighted by molar-refractivity contribution is 5.85. The van der Waals surface area contributed by atoms with E-state index in [-0.39, 0.29) is 19.0 Å². The lowest BCUT2D eigenvalue weighted by atomic mass is 10.2. The molecule has 1 aromatic carbocycles. The van der Waals surface area contributed by atoms with Gasteiger partial charge in [0.15, 0.2) is 11.5 Å². The second kappa shape index (κ2) is 9.06. The summed E-state index contributed by atoms with van der Waals surface area (Å²) in [5.41, 5.74) is 0. The molecule has 1 saturated carbocycles. The molecule has 0 heterocycles. The third-order valence-electron chi connectivity index (χ3n) is 3.50. The standard InChI is InChI=1S/C15H23NO3.ClH/c1-18-14-8-4-5-9-15(14)19-11-13(17)10-16-12-6-2-3-7-12;/h4-5,8-9,12-13,16-17H,2-3,6-7,10-11H2,1H3;1H. The van der Waals surface area contributed by atoms with E-state index in [1.54, 1.807) is 7.11 Å². The fraction of sp³-hybridized carbons (Fsp3) is 0.600. The van der Waals surface area contributed by atoms with Gasteiger partial charge in [0, 0.05) is 12.6 Å². The van der Waals surface area contributed by atoms with Crippen LogP contribution in [0.3, 0.4) is 0 Å². The Hall–Kier alpha value is -0.970. The fourth-order valence-corrected chi connectivity index (χ4v) is 2.42. The number of nitrogens with one attached hydrogen (secondary N) is 1. The summed E-state index contributed by atoms with van der Waals surface area (Å²) in [4.78, 5) is 0. The van der Waals surface area contributed by atoms with Gasteiger partial charge in [-0.05, 0) is 25.0 Å². The van der Waals surface area contributed by atoms with Crippen LogP contribution in [0.5, 0.6) is 11.5 Å². The van der Waals surface area contributed by atoms with Crippen molar-refractivity contribution in [1.82, 2.24) is 5.32 Å². The third-order valence-corrected chi connectivity index (χ3v) is 3.50. The minimum Gasteiger partial charge on any atom is -0.493 e. The molecule has 1 aliphatic carbocycles. The Labute approximate surface area is 126 Å². The Morgan fingerprint density at radius 1 is 1.25 bits per heavy atom. The van der Waals surface area contributed by atoms with Crippen LogP contribution in [-0.4, -0.2) is 37.5 Å². The third kappa shape index (κ3) is 5.19. The van der Waals surface area contributed by atoms with Gasteiger partial charge >= 0.3 is 0 Å². The van der Waals surface area contributed by atoms with Gasteiger partial charge in [0.25, 0.3) is 0 Å². The lowest BCUT2D eigenvalue weighted by Gasteiger charge is -2.17. The van der Waals surface area contributed by atoms with E-state index in [4.69, 9.17) is 9.47 Å². The summed E-state index contributed by atoms with van der Waals surface area (Å²) in [6.45, 7) is 0.861. The van der Waals surface area contributed by atoms with Crippen LogP contribution in [0, 0.1) is 0 Å². The van der Waals surface area contributed by atoms with Gasteiger partial charge in [0.2, 0.25) is 0 Å². The van der Waals surface area contributed by atoms with Crippen molar-refractivity contribution in [2.45, 2.75) is 37.8 Å². The number of ether oxygens (including phenoxy) is 2. The molecule has 2 rings (SSSR count). The van der Waals surface area contributed by atoms with E-state index in [0.717, 1.165) is 0 Å². The quantitative estimate of drug-likeness (QED) is 0.812. The minimum atomic E-state index is -0.495. The van der Waals surface area contributed by atoms with Crippen molar-refractivity contribution in [1.29, 1.82) is 0 Å². The molecule has 0 spiro atoms. The zero-order valence-electron chi connectivity index (χ0n) is 11.9. The molecule has 1 aliphatic rings. The fourth-order valence-electron chi connectivity index (χ4n) is 2.42. The van der Waals surface area contributed by atoms with E-state index in [1.807, 2.05) is 24.3 Å². The van der Waals surface area contributed by atoms with Crippen LogP contribution in [0.4, 0.5) is 0 Å². The molecule has 114 valence electrons. The maximum absolute atomic E-state index is 9.91. The SMILES string of the molecule is COc1ccccc1OCC(O)CNC1CCCC1.Cl. The first kappa shape index (κ1) is 17.1. The molecule has 4 nitrogen and oxygen atoms in total. The highest BCUT2D eigenvalue weighted by Crippen LogP contribution is 2.25. The molecule has 0 aromatic heterocycles. The molecule has 0 aliphatic heterocycles. The average Bonchev–Trinajstić information content (AvgIpc) is 2.96. The Bertz CT molecular complexity index is 383. The number of para-hydroxylation sites is 2. The molecule has 0 radical (unpaired) electrons. The molecule has 1 aromatic rings. The maximum atomic E-state index is 9.91. The number of hydrogen-bond donors (Lipinski definition) is 2. The number of methoxy groups -OCH3 is 1. The Balaban J connectivity index is 0.00000200. The number of halogens is 1. The Morgan fingerprint density at radius 3 is 2.55 bits per heavy atom. The van der Waals surface area contributed by atoms with E-state index in [1.165, 1.54) is 25.7 Å². The van der Waals surface area contributed by atoms with Gasteiger partial charge in [0.05, 0.1) is 7.11 Å². The van der Waals surface area contributed by atoms with Crippen LogP contribution in [-0.2, 0) is 0 Å². The first-order valence-electron chi connectivity index (χ1n) is 6.97. The summed E-state index contributed by atoms with van der Waals surface area (Å²) in [6, 6.07) is 8.04. The zero-order valence-corrected chi connectivity index (χ0v) is 12.7. The van der Waals surface area contributed by atoms with Crippen molar-refractivity contribution in [3.8, 4) is 11.5 Å². The van der Waals surface area contributed by atoms with Crippen molar-refractivity contribution < 1.29 is 14.6 Å². The lowest BCUT2D eigenvalue weighted by Crippen LogP contribution is -2.36. The number of hydrogen-bond acceptors (Lipinski definition) is 4. The van der Waals surface area contributed by atoms with Gasteiger partial charge in [0.1, 0.15) is 12.7 Å². The second-order valence-electron chi connectivity index (χ2n) is 5.01. The highest BCUT2D eigenvalue weighted by atomic mass is 35.5. The molecule has 1 fully saturated rings. The minimum absolute atomic E-state index is 0. The molecule has 20 heavy (non-hydrogen) atoms. The predicted octanol–water partition coefficient (Wildman–Crippen LogP) is 2.39. The van der Waals surface area contributed by atoms with E-state index < -0.39 is 6.10 Å². The van der Waals surface area contributed by atoms with Gasteiger partial charge < -0.3 is 19.9 Å². The van der Waals surface area contributed by atoms with Gasteiger partial charge in [-0.25, -0.2) is 0 Å². The number of rotatable bonds is 7. The predicted molar refractivity (Wildman–Crippen MR) is 82.0 cm³/mol. The van der Waals surface area contributed by atoms with Crippen LogP contribution in [0.2, 0.25) is 0 Å². The van der Waals surface area contributed by atoms with Crippen molar-refractivity contribution in [3.63, 3.8) is 0 Å². The van der Waals surface area contributed by atoms with E-state index in [0.29, 0.717) is 24.1 Å². The zero-order chi connectivity index (χ0) is 13.5. The van der Waals surface area contributed by atoms with E-state index in [2.05, 4.69) is 5.32 Å². The van der Waals surface area contributed by atoms with Gasteiger partial charge in [-0.1, -0.05) is 25.0 Å². The Morgan fingerprint density at radius 2 is 1.90 bits per heavy atom. The van der Waals surface area contributed by atoms with E-state index >= 15 is 0 Å².